The van der Waals surface area contributed by atoms with Crippen molar-refractivity contribution in [1.29, 1.82) is 0 Å². The molecule has 0 aromatic rings. The minimum absolute atomic E-state index is 0.132. The molecule has 0 saturated carbocycles. The predicted molar refractivity (Wildman–Crippen MR) is 108 cm³/mol. The van der Waals surface area contributed by atoms with Crippen molar-refractivity contribution in [3.8, 4) is 0 Å². The van der Waals surface area contributed by atoms with Crippen molar-refractivity contribution in [3.63, 3.8) is 0 Å². The lowest BCUT2D eigenvalue weighted by atomic mass is 9.75. The third-order valence-corrected chi connectivity index (χ3v) is 6.55. The average molecular weight is 378 g/mol. The molecule has 4 nitrogen and oxygen atoms in total. The second-order valence-corrected chi connectivity index (χ2v) is 9.25. The summed E-state index contributed by atoms with van der Waals surface area (Å²) < 4.78 is 30.6. The van der Waals surface area contributed by atoms with Crippen LogP contribution >= 0.6 is 0 Å². The van der Waals surface area contributed by atoms with E-state index in [9.17, 15) is 8.42 Å². The van der Waals surface area contributed by atoms with Gasteiger partial charge in [-0.2, -0.15) is 8.42 Å². The Bertz CT molecular complexity index is 405. The van der Waals surface area contributed by atoms with Gasteiger partial charge in [0.1, 0.15) is 0 Å². The molecule has 1 unspecified atom stereocenters. The molecule has 0 bridgehead atoms. The largest absolute Gasteiger partial charge is 0.325 e. The summed E-state index contributed by atoms with van der Waals surface area (Å²) in [6.45, 7) is 6.56. The third-order valence-electron chi connectivity index (χ3n) is 5.74. The van der Waals surface area contributed by atoms with Crippen molar-refractivity contribution in [3.05, 3.63) is 0 Å². The summed E-state index contributed by atoms with van der Waals surface area (Å²) >= 11 is 0. The van der Waals surface area contributed by atoms with Crippen molar-refractivity contribution in [2.75, 3.05) is 5.75 Å². The monoisotopic (exact) mass is 377 g/mol. The Morgan fingerprint density at radius 3 is 1.68 bits per heavy atom. The fourth-order valence-corrected chi connectivity index (χ4v) is 4.32. The Balaban J connectivity index is 4.19. The highest BCUT2D eigenvalue weighted by Gasteiger charge is 2.30. The first-order chi connectivity index (χ1) is 11.8. The zero-order chi connectivity index (χ0) is 19.2. The Labute approximate surface area is 157 Å². The normalized spacial score (nSPS) is 14.0. The maximum absolute atomic E-state index is 10.9. The Morgan fingerprint density at radius 2 is 1.24 bits per heavy atom. The molecule has 0 aliphatic carbocycles. The molecule has 0 spiro atoms. The van der Waals surface area contributed by atoms with Gasteiger partial charge in [-0.1, -0.05) is 78.6 Å². The molecule has 0 aliphatic heterocycles. The lowest BCUT2D eigenvalue weighted by molar-refractivity contribution is 0.214. The van der Waals surface area contributed by atoms with Crippen molar-refractivity contribution in [1.82, 2.24) is 0 Å². The van der Waals surface area contributed by atoms with Crippen LogP contribution in [0.2, 0.25) is 0 Å². The molecule has 0 amide bonds. The van der Waals surface area contributed by atoms with Gasteiger partial charge in [0.25, 0.3) is 10.1 Å². The zero-order valence-corrected chi connectivity index (χ0v) is 17.7. The fourth-order valence-electron chi connectivity index (χ4n) is 3.75. The molecule has 0 aromatic heterocycles. The van der Waals surface area contributed by atoms with Gasteiger partial charge in [-0.25, -0.2) is 0 Å². The van der Waals surface area contributed by atoms with Gasteiger partial charge >= 0.3 is 0 Å². The lowest BCUT2D eigenvalue weighted by Gasteiger charge is -2.36. The van der Waals surface area contributed by atoms with Gasteiger partial charge < -0.3 is 5.73 Å². The summed E-state index contributed by atoms with van der Waals surface area (Å²) in [5.74, 6) is 0.316. The molecule has 0 heterocycles. The van der Waals surface area contributed by atoms with E-state index in [1.54, 1.807) is 0 Å². The summed E-state index contributed by atoms with van der Waals surface area (Å²) in [7, 11) is -3.83. The van der Waals surface area contributed by atoms with Crippen LogP contribution in [-0.4, -0.2) is 24.3 Å². The summed E-state index contributed by atoms with van der Waals surface area (Å²) in [5, 5.41) is 0. The van der Waals surface area contributed by atoms with Crippen LogP contribution in [0.1, 0.15) is 111 Å². The minimum atomic E-state index is -3.83. The molecule has 0 radical (unpaired) electrons. The molecule has 0 fully saturated rings. The first-order valence-corrected chi connectivity index (χ1v) is 12.1. The molecule has 3 N–H and O–H groups in total. The van der Waals surface area contributed by atoms with Gasteiger partial charge in [0.05, 0.1) is 5.75 Å². The van der Waals surface area contributed by atoms with Crippen LogP contribution in [0.25, 0.3) is 0 Å². The Kier molecular flexibility index (Phi) is 13.9. The van der Waals surface area contributed by atoms with E-state index in [1.807, 2.05) is 0 Å². The van der Waals surface area contributed by atoms with Crippen LogP contribution in [0, 0.1) is 5.92 Å². The van der Waals surface area contributed by atoms with Crippen molar-refractivity contribution < 1.29 is 13.0 Å². The van der Waals surface area contributed by atoms with Crippen LogP contribution in [-0.2, 0) is 10.1 Å². The number of unbranched alkanes of at least 4 members (excludes halogenated alkanes) is 8. The van der Waals surface area contributed by atoms with E-state index in [1.165, 1.54) is 51.4 Å². The quantitative estimate of drug-likeness (QED) is 0.251. The van der Waals surface area contributed by atoms with E-state index in [-0.39, 0.29) is 11.3 Å². The van der Waals surface area contributed by atoms with E-state index < -0.39 is 10.1 Å². The lowest BCUT2D eigenvalue weighted by Crippen LogP contribution is -2.46. The summed E-state index contributed by atoms with van der Waals surface area (Å²) in [6, 6.07) is 0. The van der Waals surface area contributed by atoms with Crippen LogP contribution < -0.4 is 5.73 Å². The van der Waals surface area contributed by atoms with Crippen LogP contribution in [0.4, 0.5) is 0 Å². The maximum Gasteiger partial charge on any atom is 0.264 e. The number of rotatable bonds is 17. The minimum Gasteiger partial charge on any atom is -0.325 e. The molecule has 5 heteroatoms. The highest BCUT2D eigenvalue weighted by Crippen LogP contribution is 2.31. The Hall–Kier alpha value is -0.130. The fraction of sp³-hybridized carbons (Fsp3) is 1.00. The topological polar surface area (TPSA) is 80.4 Å². The molecular formula is C20H43NO3S. The predicted octanol–water partition coefficient (Wildman–Crippen LogP) is 5.71. The molecule has 25 heavy (non-hydrogen) atoms. The average Bonchev–Trinajstić information content (AvgIpc) is 2.57. The molecule has 0 saturated heterocycles. The smallest absolute Gasteiger partial charge is 0.264 e. The number of hydrogen-bond donors (Lipinski definition) is 2. The molecule has 0 aliphatic rings. The van der Waals surface area contributed by atoms with Crippen molar-refractivity contribution >= 4 is 10.1 Å². The molecule has 1 atom stereocenters. The summed E-state index contributed by atoms with van der Waals surface area (Å²) in [5.41, 5.74) is 6.50. The van der Waals surface area contributed by atoms with Crippen LogP contribution in [0.3, 0.4) is 0 Å². The standard InChI is InChI=1S/C20H43NO3S/c1-4-7-8-9-10-11-12-13-16-19(20(21,5-2)6-3)17-14-15-18-25(22,23)24/h19H,4-18,21H2,1-3H3,(H,22,23,24). The summed E-state index contributed by atoms with van der Waals surface area (Å²) in [4.78, 5) is 0. The van der Waals surface area contributed by atoms with Crippen LogP contribution in [0.15, 0.2) is 0 Å². The van der Waals surface area contributed by atoms with Crippen LogP contribution in [0.5, 0.6) is 0 Å². The summed E-state index contributed by atoms with van der Waals surface area (Å²) in [6.07, 6.45) is 15.9. The van der Waals surface area contributed by atoms with E-state index >= 15 is 0 Å². The molecule has 0 rings (SSSR count). The van der Waals surface area contributed by atoms with Gasteiger partial charge in [0.2, 0.25) is 0 Å². The highest BCUT2D eigenvalue weighted by atomic mass is 32.2. The number of nitrogens with two attached hydrogens (primary N) is 1. The maximum atomic E-state index is 10.9. The van der Waals surface area contributed by atoms with Crippen molar-refractivity contribution in [2.24, 2.45) is 11.7 Å². The third kappa shape index (κ3) is 12.8. The van der Waals surface area contributed by atoms with Gasteiger partial charge in [0, 0.05) is 5.54 Å². The molecular weight excluding hydrogens is 334 g/mol. The van der Waals surface area contributed by atoms with Gasteiger partial charge in [-0.05, 0) is 38.0 Å². The second-order valence-electron chi connectivity index (χ2n) is 7.68. The van der Waals surface area contributed by atoms with Crippen molar-refractivity contribution in [2.45, 2.75) is 116 Å². The van der Waals surface area contributed by atoms with E-state index in [0.29, 0.717) is 12.3 Å². The zero-order valence-electron chi connectivity index (χ0n) is 16.9. The molecule has 0 aromatic carbocycles. The van der Waals surface area contributed by atoms with E-state index in [4.69, 9.17) is 10.3 Å². The molecule has 152 valence electrons. The second kappa shape index (κ2) is 14.0. The van der Waals surface area contributed by atoms with Gasteiger partial charge in [-0.3, -0.25) is 4.55 Å². The van der Waals surface area contributed by atoms with Gasteiger partial charge in [-0.15, -0.1) is 0 Å². The Morgan fingerprint density at radius 1 is 0.800 bits per heavy atom. The first-order valence-electron chi connectivity index (χ1n) is 10.5. The van der Waals surface area contributed by atoms with E-state index in [2.05, 4.69) is 20.8 Å². The highest BCUT2D eigenvalue weighted by molar-refractivity contribution is 7.85. The van der Waals surface area contributed by atoms with Gasteiger partial charge in [0.15, 0.2) is 0 Å². The SMILES string of the molecule is CCCCCCCCCCC(CCCCS(=O)(=O)O)C(N)(CC)CC. The number of hydrogen-bond acceptors (Lipinski definition) is 3. The first kappa shape index (κ1) is 24.9. The van der Waals surface area contributed by atoms with E-state index in [0.717, 1.165) is 32.1 Å².